The minimum absolute atomic E-state index is 0.0579. The summed E-state index contributed by atoms with van der Waals surface area (Å²) in [4.78, 5) is 3.40. The topological polar surface area (TPSA) is 41.6 Å². The molecule has 0 atom stereocenters. The van der Waals surface area contributed by atoms with Gasteiger partial charge in [0.1, 0.15) is 5.69 Å². The van der Waals surface area contributed by atoms with E-state index in [0.29, 0.717) is 5.69 Å². The Hall–Kier alpha value is -1.78. The fraction of sp³-hybridized carbons (Fsp3) is 0. The third kappa shape index (κ3) is 1.40. The molecule has 3 nitrogen and oxygen atoms in total. The van der Waals surface area contributed by atoms with Crippen LogP contribution in [-0.2, 0) is 0 Å². The van der Waals surface area contributed by atoms with Crippen LogP contribution in [0.1, 0.15) is 0 Å². The molecule has 0 aromatic carbocycles. The van der Waals surface area contributed by atoms with Crippen LogP contribution < -0.4 is 0 Å². The number of nitrogens with zero attached hydrogens (tertiary/aromatic N) is 2. The van der Waals surface area contributed by atoms with Crippen LogP contribution in [0.2, 0.25) is 0 Å². The predicted molar refractivity (Wildman–Crippen MR) is 41.7 cm³/mol. The highest BCUT2D eigenvalue weighted by molar-refractivity contribution is 5.53. The molecule has 5 heteroatoms. The van der Waals surface area contributed by atoms with Crippen molar-refractivity contribution in [1.29, 1.82) is 0 Å². The van der Waals surface area contributed by atoms with Gasteiger partial charge in [0.2, 0.25) is 5.95 Å². The number of aromatic nitrogens is 3. The van der Waals surface area contributed by atoms with Gasteiger partial charge in [-0.2, -0.15) is 9.49 Å². The standard InChI is InChI=1S/C8H5F2N3/c9-5-1-2-7(10)12-8(5)6-3-4-11-13-6/h1-4H,(H,11,13). The Morgan fingerprint density at radius 1 is 1.15 bits per heavy atom. The lowest BCUT2D eigenvalue weighted by atomic mass is 10.2. The van der Waals surface area contributed by atoms with Crippen molar-refractivity contribution in [3.05, 3.63) is 36.2 Å². The molecule has 0 aliphatic rings. The molecule has 0 saturated heterocycles. The van der Waals surface area contributed by atoms with Gasteiger partial charge in [-0.3, -0.25) is 5.10 Å². The molecule has 0 aliphatic heterocycles. The Labute approximate surface area is 72.4 Å². The SMILES string of the molecule is Fc1ccc(F)c(-c2ccn[nH]2)n1. The van der Waals surface area contributed by atoms with Gasteiger partial charge in [-0.15, -0.1) is 0 Å². The van der Waals surface area contributed by atoms with Crippen molar-refractivity contribution in [2.45, 2.75) is 0 Å². The van der Waals surface area contributed by atoms with Gasteiger partial charge in [0, 0.05) is 6.20 Å². The van der Waals surface area contributed by atoms with Crippen molar-refractivity contribution in [1.82, 2.24) is 15.2 Å². The monoisotopic (exact) mass is 181 g/mol. The van der Waals surface area contributed by atoms with Crippen LogP contribution in [-0.4, -0.2) is 15.2 Å². The van der Waals surface area contributed by atoms with Gasteiger partial charge in [-0.1, -0.05) is 0 Å². The third-order valence-corrected chi connectivity index (χ3v) is 1.57. The second-order valence-corrected chi connectivity index (χ2v) is 2.43. The number of rotatable bonds is 1. The molecule has 0 bridgehead atoms. The van der Waals surface area contributed by atoms with Gasteiger partial charge in [0.05, 0.1) is 5.69 Å². The maximum atomic E-state index is 13.1. The molecule has 0 amide bonds. The van der Waals surface area contributed by atoms with Crippen molar-refractivity contribution in [2.24, 2.45) is 0 Å². The lowest BCUT2D eigenvalue weighted by Gasteiger charge is -1.97. The first kappa shape index (κ1) is 7.85. The van der Waals surface area contributed by atoms with E-state index in [2.05, 4.69) is 15.2 Å². The zero-order valence-corrected chi connectivity index (χ0v) is 6.46. The molecular weight excluding hydrogens is 176 g/mol. The summed E-state index contributed by atoms with van der Waals surface area (Å²) in [6.45, 7) is 0. The molecule has 2 aromatic heterocycles. The average molecular weight is 181 g/mol. The van der Waals surface area contributed by atoms with E-state index in [1.807, 2.05) is 0 Å². The van der Waals surface area contributed by atoms with E-state index in [1.165, 1.54) is 12.3 Å². The first-order valence-electron chi connectivity index (χ1n) is 3.59. The Bertz CT molecular complexity index is 411. The van der Waals surface area contributed by atoms with E-state index in [0.717, 1.165) is 12.1 Å². The molecule has 0 spiro atoms. The molecular formula is C8H5F2N3. The van der Waals surface area contributed by atoms with Crippen LogP contribution >= 0.6 is 0 Å². The van der Waals surface area contributed by atoms with E-state index < -0.39 is 11.8 Å². The first-order chi connectivity index (χ1) is 6.27. The molecule has 0 radical (unpaired) electrons. The molecule has 66 valence electrons. The van der Waals surface area contributed by atoms with Crippen LogP contribution in [0, 0.1) is 11.8 Å². The highest BCUT2D eigenvalue weighted by Gasteiger charge is 2.08. The van der Waals surface area contributed by atoms with E-state index in [1.54, 1.807) is 0 Å². The highest BCUT2D eigenvalue weighted by atomic mass is 19.1. The fourth-order valence-corrected chi connectivity index (χ4v) is 0.995. The van der Waals surface area contributed by atoms with Gasteiger partial charge in [0.15, 0.2) is 5.82 Å². The second kappa shape index (κ2) is 2.93. The summed E-state index contributed by atoms with van der Waals surface area (Å²) in [5.41, 5.74) is 0.300. The number of pyridine rings is 1. The predicted octanol–water partition coefficient (Wildman–Crippen LogP) is 1.75. The zero-order valence-electron chi connectivity index (χ0n) is 6.46. The summed E-state index contributed by atoms with van der Waals surface area (Å²) in [5.74, 6) is -1.29. The smallest absolute Gasteiger partial charge is 0.213 e. The fourth-order valence-electron chi connectivity index (χ4n) is 0.995. The van der Waals surface area contributed by atoms with Gasteiger partial charge >= 0.3 is 0 Å². The molecule has 2 heterocycles. The van der Waals surface area contributed by atoms with Crippen LogP contribution in [0.3, 0.4) is 0 Å². The molecule has 0 saturated carbocycles. The lowest BCUT2D eigenvalue weighted by molar-refractivity contribution is 0.563. The van der Waals surface area contributed by atoms with Gasteiger partial charge in [-0.25, -0.2) is 9.37 Å². The molecule has 0 fully saturated rings. The van der Waals surface area contributed by atoms with E-state index >= 15 is 0 Å². The maximum absolute atomic E-state index is 13.1. The summed E-state index contributed by atoms with van der Waals surface area (Å²) in [7, 11) is 0. The summed E-state index contributed by atoms with van der Waals surface area (Å²) in [6.07, 6.45) is 1.45. The summed E-state index contributed by atoms with van der Waals surface area (Å²) < 4.78 is 25.7. The minimum Gasteiger partial charge on any atom is -0.276 e. The summed E-state index contributed by atoms with van der Waals surface area (Å²) in [6, 6.07) is 3.51. The number of aromatic amines is 1. The first-order valence-corrected chi connectivity index (χ1v) is 3.59. The van der Waals surface area contributed by atoms with Crippen molar-refractivity contribution < 1.29 is 8.78 Å². The van der Waals surface area contributed by atoms with Crippen molar-refractivity contribution in [3.8, 4) is 11.4 Å². The minimum atomic E-state index is -0.717. The van der Waals surface area contributed by atoms with Crippen LogP contribution in [0.5, 0.6) is 0 Å². The molecule has 1 N–H and O–H groups in total. The quantitative estimate of drug-likeness (QED) is 0.681. The van der Waals surface area contributed by atoms with E-state index in [4.69, 9.17) is 0 Å². The molecule has 0 unspecified atom stereocenters. The highest BCUT2D eigenvalue weighted by Crippen LogP contribution is 2.17. The third-order valence-electron chi connectivity index (χ3n) is 1.57. The van der Waals surface area contributed by atoms with Gasteiger partial charge in [-0.05, 0) is 18.2 Å². The van der Waals surface area contributed by atoms with Crippen LogP contribution in [0.4, 0.5) is 8.78 Å². The maximum Gasteiger partial charge on any atom is 0.213 e. The Morgan fingerprint density at radius 3 is 2.69 bits per heavy atom. The number of H-pyrrole nitrogens is 1. The molecule has 0 aliphatic carbocycles. The van der Waals surface area contributed by atoms with Crippen LogP contribution in [0.15, 0.2) is 24.4 Å². The Kier molecular flexibility index (Phi) is 1.77. The number of nitrogens with one attached hydrogen (secondary N) is 1. The van der Waals surface area contributed by atoms with E-state index in [9.17, 15) is 8.78 Å². The number of halogens is 2. The average Bonchev–Trinajstić information content (AvgIpc) is 2.61. The number of hydrogen-bond donors (Lipinski definition) is 1. The Balaban J connectivity index is 2.57. The molecule has 13 heavy (non-hydrogen) atoms. The zero-order chi connectivity index (χ0) is 9.26. The van der Waals surface area contributed by atoms with Gasteiger partial charge < -0.3 is 0 Å². The van der Waals surface area contributed by atoms with Crippen LogP contribution in [0.25, 0.3) is 11.4 Å². The summed E-state index contributed by atoms with van der Waals surface area (Å²) in [5, 5.41) is 6.12. The number of hydrogen-bond acceptors (Lipinski definition) is 2. The molecule has 2 rings (SSSR count). The van der Waals surface area contributed by atoms with E-state index in [-0.39, 0.29) is 5.69 Å². The Morgan fingerprint density at radius 2 is 2.00 bits per heavy atom. The summed E-state index contributed by atoms with van der Waals surface area (Å²) >= 11 is 0. The van der Waals surface area contributed by atoms with Crippen molar-refractivity contribution in [3.63, 3.8) is 0 Å². The second-order valence-electron chi connectivity index (χ2n) is 2.43. The molecule has 2 aromatic rings. The van der Waals surface area contributed by atoms with Crippen molar-refractivity contribution >= 4 is 0 Å². The van der Waals surface area contributed by atoms with Gasteiger partial charge in [0.25, 0.3) is 0 Å². The largest absolute Gasteiger partial charge is 0.276 e. The lowest BCUT2D eigenvalue weighted by Crippen LogP contribution is -1.92. The normalized spacial score (nSPS) is 10.3. The van der Waals surface area contributed by atoms with Crippen molar-refractivity contribution in [2.75, 3.05) is 0 Å².